The van der Waals surface area contributed by atoms with Crippen LogP contribution >= 0.6 is 11.6 Å². The maximum absolute atomic E-state index is 12.4. The molecule has 0 spiro atoms. The molecule has 2 amide bonds. The topological polar surface area (TPSA) is 84.5 Å². The van der Waals surface area contributed by atoms with E-state index < -0.39 is 17.9 Å². The summed E-state index contributed by atoms with van der Waals surface area (Å²) in [5.41, 5.74) is 1.65. The van der Waals surface area contributed by atoms with Gasteiger partial charge in [-0.3, -0.25) is 9.59 Å². The maximum atomic E-state index is 12.4. The first-order valence-electron chi connectivity index (χ1n) is 10.0. The SMILES string of the molecule is CC(C)[C@H](NC(=O)c1ccccc1Cl)C(=O)OCC(=O)NCCC1=CCCCC1. The summed E-state index contributed by atoms with van der Waals surface area (Å²) in [6.45, 7) is 3.73. The number of esters is 1. The standard InChI is InChI=1S/C22H29ClN2O4/c1-15(2)20(25-21(27)17-10-6-7-11-18(17)23)22(28)29-14-19(26)24-13-12-16-8-4-3-5-9-16/h6-8,10-11,15,20H,3-5,9,12-14H2,1-2H3,(H,24,26)(H,25,27)/t20-/m0/s1. The molecule has 1 aromatic rings. The molecule has 158 valence electrons. The van der Waals surface area contributed by atoms with Gasteiger partial charge in [-0.05, 0) is 50.2 Å². The lowest BCUT2D eigenvalue weighted by Gasteiger charge is -2.21. The van der Waals surface area contributed by atoms with Crippen LogP contribution in [0.15, 0.2) is 35.9 Å². The number of amides is 2. The van der Waals surface area contributed by atoms with Crippen LogP contribution < -0.4 is 10.6 Å². The zero-order valence-electron chi connectivity index (χ0n) is 17.0. The van der Waals surface area contributed by atoms with Crippen molar-refractivity contribution >= 4 is 29.4 Å². The Morgan fingerprint density at radius 2 is 1.93 bits per heavy atom. The highest BCUT2D eigenvalue weighted by molar-refractivity contribution is 6.33. The third-order valence-electron chi connectivity index (χ3n) is 4.82. The number of nitrogens with one attached hydrogen (secondary N) is 2. The smallest absolute Gasteiger partial charge is 0.329 e. The molecular weight excluding hydrogens is 392 g/mol. The van der Waals surface area contributed by atoms with Crippen molar-refractivity contribution in [2.24, 2.45) is 5.92 Å². The van der Waals surface area contributed by atoms with Gasteiger partial charge in [-0.2, -0.15) is 0 Å². The lowest BCUT2D eigenvalue weighted by Crippen LogP contribution is -2.46. The number of ether oxygens (including phenoxy) is 1. The number of benzene rings is 1. The largest absolute Gasteiger partial charge is 0.454 e. The highest BCUT2D eigenvalue weighted by Gasteiger charge is 2.27. The molecule has 1 aromatic carbocycles. The number of allylic oxidation sites excluding steroid dienone is 1. The first-order valence-corrected chi connectivity index (χ1v) is 10.4. The number of hydrogen-bond acceptors (Lipinski definition) is 4. The van der Waals surface area contributed by atoms with Crippen molar-refractivity contribution < 1.29 is 19.1 Å². The Kier molecular flexibility index (Phi) is 9.19. The summed E-state index contributed by atoms with van der Waals surface area (Å²) in [7, 11) is 0. The molecule has 1 atom stereocenters. The highest BCUT2D eigenvalue weighted by atomic mass is 35.5. The Labute approximate surface area is 177 Å². The molecule has 29 heavy (non-hydrogen) atoms. The van der Waals surface area contributed by atoms with Crippen molar-refractivity contribution in [3.05, 3.63) is 46.5 Å². The summed E-state index contributed by atoms with van der Waals surface area (Å²) in [5.74, 6) is -1.67. The normalized spacial score (nSPS) is 14.7. The fourth-order valence-electron chi connectivity index (χ4n) is 3.13. The monoisotopic (exact) mass is 420 g/mol. The maximum Gasteiger partial charge on any atom is 0.329 e. The summed E-state index contributed by atoms with van der Waals surface area (Å²) in [5, 5.41) is 5.71. The summed E-state index contributed by atoms with van der Waals surface area (Å²) in [4.78, 5) is 36.8. The van der Waals surface area contributed by atoms with Gasteiger partial charge in [0.15, 0.2) is 6.61 Å². The zero-order chi connectivity index (χ0) is 21.2. The van der Waals surface area contributed by atoms with Crippen LogP contribution in [0.3, 0.4) is 0 Å². The van der Waals surface area contributed by atoms with E-state index in [1.54, 1.807) is 38.1 Å². The fraction of sp³-hybridized carbons (Fsp3) is 0.500. The number of carbonyl (C=O) groups excluding carboxylic acids is 3. The van der Waals surface area contributed by atoms with E-state index in [0.717, 1.165) is 19.3 Å². The first kappa shape index (κ1) is 22.9. The number of hydrogen-bond donors (Lipinski definition) is 2. The Hall–Kier alpha value is -2.34. The molecule has 0 aromatic heterocycles. The lowest BCUT2D eigenvalue weighted by atomic mass is 9.97. The van der Waals surface area contributed by atoms with Crippen LogP contribution in [-0.4, -0.2) is 37.0 Å². The van der Waals surface area contributed by atoms with E-state index in [1.165, 1.54) is 18.4 Å². The first-order chi connectivity index (χ1) is 13.9. The van der Waals surface area contributed by atoms with Crippen LogP contribution in [0.25, 0.3) is 0 Å². The minimum atomic E-state index is -0.876. The van der Waals surface area contributed by atoms with Crippen LogP contribution in [0.4, 0.5) is 0 Å². The average Bonchev–Trinajstić information content (AvgIpc) is 2.71. The lowest BCUT2D eigenvalue weighted by molar-refractivity contribution is -0.151. The van der Waals surface area contributed by atoms with Crippen molar-refractivity contribution in [1.29, 1.82) is 0 Å². The molecule has 0 saturated carbocycles. The highest BCUT2D eigenvalue weighted by Crippen LogP contribution is 2.19. The summed E-state index contributed by atoms with van der Waals surface area (Å²) in [6, 6.07) is 5.72. The van der Waals surface area contributed by atoms with Gasteiger partial charge in [0, 0.05) is 6.54 Å². The van der Waals surface area contributed by atoms with Gasteiger partial charge in [-0.25, -0.2) is 4.79 Å². The van der Waals surface area contributed by atoms with Gasteiger partial charge in [0.2, 0.25) is 0 Å². The summed E-state index contributed by atoms with van der Waals surface area (Å²) in [6.07, 6.45) is 7.69. The number of rotatable bonds is 9. The molecule has 0 saturated heterocycles. The van der Waals surface area contributed by atoms with Crippen LogP contribution in [0.5, 0.6) is 0 Å². The van der Waals surface area contributed by atoms with Gasteiger partial charge in [-0.1, -0.05) is 49.2 Å². The third-order valence-corrected chi connectivity index (χ3v) is 5.15. The van der Waals surface area contributed by atoms with Crippen molar-refractivity contribution in [2.45, 2.75) is 52.0 Å². The second-order valence-electron chi connectivity index (χ2n) is 7.49. The third kappa shape index (κ3) is 7.54. The second kappa shape index (κ2) is 11.6. The van der Waals surface area contributed by atoms with Gasteiger partial charge < -0.3 is 15.4 Å². The molecule has 1 aliphatic carbocycles. The summed E-state index contributed by atoms with van der Waals surface area (Å²) < 4.78 is 5.12. The van der Waals surface area contributed by atoms with Gasteiger partial charge in [0.05, 0.1) is 10.6 Å². The van der Waals surface area contributed by atoms with E-state index in [2.05, 4.69) is 16.7 Å². The van der Waals surface area contributed by atoms with Gasteiger partial charge in [0.25, 0.3) is 11.8 Å². The minimum Gasteiger partial charge on any atom is -0.454 e. The Bertz CT molecular complexity index is 761. The van der Waals surface area contributed by atoms with E-state index in [-0.39, 0.29) is 24.0 Å². The molecule has 2 rings (SSSR count). The average molecular weight is 421 g/mol. The fourth-order valence-corrected chi connectivity index (χ4v) is 3.36. The van der Waals surface area contributed by atoms with E-state index in [0.29, 0.717) is 11.6 Å². The molecule has 6 nitrogen and oxygen atoms in total. The van der Waals surface area contributed by atoms with E-state index in [9.17, 15) is 14.4 Å². The Balaban J connectivity index is 1.79. The molecule has 0 aliphatic heterocycles. The molecule has 0 bridgehead atoms. The molecule has 1 aliphatic rings. The predicted molar refractivity (Wildman–Crippen MR) is 113 cm³/mol. The predicted octanol–water partition coefficient (Wildman–Crippen LogP) is 3.64. The van der Waals surface area contributed by atoms with Gasteiger partial charge in [-0.15, -0.1) is 0 Å². The molecule has 0 fully saturated rings. The van der Waals surface area contributed by atoms with Crippen LogP contribution in [0.1, 0.15) is 56.3 Å². The van der Waals surface area contributed by atoms with Crippen LogP contribution in [0, 0.1) is 5.92 Å². The molecule has 0 radical (unpaired) electrons. The summed E-state index contributed by atoms with van der Waals surface area (Å²) >= 11 is 6.04. The molecular formula is C22H29ClN2O4. The molecule has 2 N–H and O–H groups in total. The van der Waals surface area contributed by atoms with Gasteiger partial charge in [0.1, 0.15) is 6.04 Å². The van der Waals surface area contributed by atoms with Gasteiger partial charge >= 0.3 is 5.97 Å². The number of halogens is 1. The van der Waals surface area contributed by atoms with Crippen molar-refractivity contribution in [2.75, 3.05) is 13.2 Å². The van der Waals surface area contributed by atoms with Crippen molar-refractivity contribution in [3.63, 3.8) is 0 Å². The molecule has 0 heterocycles. The zero-order valence-corrected chi connectivity index (χ0v) is 17.8. The second-order valence-corrected chi connectivity index (χ2v) is 7.90. The van der Waals surface area contributed by atoms with Crippen molar-refractivity contribution in [3.8, 4) is 0 Å². The Morgan fingerprint density at radius 3 is 2.59 bits per heavy atom. The molecule has 0 unspecified atom stereocenters. The Morgan fingerprint density at radius 1 is 1.17 bits per heavy atom. The van der Waals surface area contributed by atoms with Crippen LogP contribution in [0.2, 0.25) is 5.02 Å². The van der Waals surface area contributed by atoms with E-state index in [4.69, 9.17) is 16.3 Å². The quantitative estimate of drug-likeness (QED) is 0.471. The van der Waals surface area contributed by atoms with Crippen LogP contribution in [-0.2, 0) is 14.3 Å². The number of carbonyl (C=O) groups is 3. The minimum absolute atomic E-state index is 0.213. The van der Waals surface area contributed by atoms with E-state index >= 15 is 0 Å². The van der Waals surface area contributed by atoms with E-state index in [1.807, 2.05) is 0 Å². The van der Waals surface area contributed by atoms with Crippen molar-refractivity contribution in [1.82, 2.24) is 10.6 Å². The molecule has 7 heteroatoms.